The number of hydrogen-bond donors (Lipinski definition) is 1. The summed E-state index contributed by atoms with van der Waals surface area (Å²) in [5, 5.41) is 3.45. The molecule has 18 heavy (non-hydrogen) atoms. The zero-order valence-electron chi connectivity index (χ0n) is 11.4. The van der Waals surface area contributed by atoms with E-state index in [1.54, 1.807) is 13.4 Å². The molecule has 0 heterocycles. The third-order valence-corrected chi connectivity index (χ3v) is 3.68. The minimum atomic E-state index is -0.683. The lowest BCUT2D eigenvalue weighted by atomic mass is 10.1. The van der Waals surface area contributed by atoms with Crippen LogP contribution in [0.25, 0.3) is 0 Å². The van der Waals surface area contributed by atoms with Crippen LogP contribution in [0, 0.1) is 0 Å². The summed E-state index contributed by atoms with van der Waals surface area (Å²) >= 11 is 0. The second-order valence-electron chi connectivity index (χ2n) is 4.50. The fraction of sp³-hybridized carbons (Fsp3) is 0.571. The highest BCUT2D eigenvalue weighted by atomic mass is 32.2. The molecule has 1 N–H and O–H groups in total. The Morgan fingerprint density at radius 2 is 2.11 bits per heavy atom. The average Bonchev–Trinajstić information content (AvgIpc) is 2.35. The van der Waals surface area contributed by atoms with Crippen molar-refractivity contribution in [1.29, 1.82) is 0 Å². The first-order chi connectivity index (χ1) is 8.63. The van der Waals surface area contributed by atoms with Crippen LogP contribution in [0.2, 0.25) is 0 Å². The molecule has 0 aromatic heterocycles. The maximum atomic E-state index is 10.9. The van der Waals surface area contributed by atoms with Crippen LogP contribution in [0.3, 0.4) is 0 Å². The van der Waals surface area contributed by atoms with Crippen molar-refractivity contribution in [1.82, 2.24) is 5.32 Å². The number of para-hydroxylation sites is 1. The zero-order chi connectivity index (χ0) is 13.4. The summed E-state index contributed by atoms with van der Waals surface area (Å²) in [7, 11) is 1.02. The quantitative estimate of drug-likeness (QED) is 0.733. The average molecular weight is 269 g/mol. The third kappa shape index (κ3) is 5.65. The van der Waals surface area contributed by atoms with E-state index < -0.39 is 10.8 Å². The lowest BCUT2D eigenvalue weighted by molar-refractivity contribution is 0.406. The zero-order valence-corrected chi connectivity index (χ0v) is 12.3. The highest BCUT2D eigenvalue weighted by Gasteiger charge is 2.07. The maximum absolute atomic E-state index is 10.9. The summed E-state index contributed by atoms with van der Waals surface area (Å²) in [5.74, 6) is 1.72. The Hall–Kier alpha value is -0.870. The van der Waals surface area contributed by atoms with Gasteiger partial charge in [0.25, 0.3) is 0 Å². The summed E-state index contributed by atoms with van der Waals surface area (Å²) in [6.45, 7) is 3.07. The molecule has 0 saturated heterocycles. The second kappa shape index (κ2) is 8.27. The van der Waals surface area contributed by atoms with E-state index in [0.717, 1.165) is 30.9 Å². The molecule has 2 unspecified atom stereocenters. The third-order valence-electron chi connectivity index (χ3n) is 2.82. The van der Waals surface area contributed by atoms with Crippen molar-refractivity contribution in [3.63, 3.8) is 0 Å². The van der Waals surface area contributed by atoms with E-state index in [9.17, 15) is 4.21 Å². The molecule has 3 nitrogen and oxygen atoms in total. The summed E-state index contributed by atoms with van der Waals surface area (Å²) in [6, 6.07) is 8.49. The minimum absolute atomic E-state index is 0.395. The molecule has 0 aliphatic heterocycles. The standard InChI is InChI=1S/C14H23NO2S/c1-12(15-9-6-10-18(3)16)11-13-7-4-5-8-14(13)17-2/h4-5,7-8,12,15H,6,9-11H2,1-3H3. The van der Waals surface area contributed by atoms with Crippen molar-refractivity contribution in [2.75, 3.05) is 25.7 Å². The summed E-state index contributed by atoms with van der Waals surface area (Å²) in [6.07, 6.45) is 3.65. The molecule has 0 saturated carbocycles. The van der Waals surface area contributed by atoms with Gasteiger partial charge in [0.1, 0.15) is 5.75 Å². The Bertz CT molecular complexity index is 382. The predicted molar refractivity (Wildman–Crippen MR) is 77.7 cm³/mol. The van der Waals surface area contributed by atoms with Gasteiger partial charge in [-0.05, 0) is 37.9 Å². The van der Waals surface area contributed by atoms with Gasteiger partial charge >= 0.3 is 0 Å². The van der Waals surface area contributed by atoms with E-state index in [-0.39, 0.29) is 0 Å². The Kier molecular flexibility index (Phi) is 6.98. The normalized spacial score (nSPS) is 14.2. The van der Waals surface area contributed by atoms with Crippen molar-refractivity contribution in [2.45, 2.75) is 25.8 Å². The summed E-state index contributed by atoms with van der Waals surface area (Å²) < 4.78 is 16.3. The Balaban J connectivity index is 2.35. The topological polar surface area (TPSA) is 38.3 Å². The largest absolute Gasteiger partial charge is 0.496 e. The van der Waals surface area contributed by atoms with Gasteiger partial charge < -0.3 is 10.1 Å². The van der Waals surface area contributed by atoms with Crippen LogP contribution in [0.4, 0.5) is 0 Å². The Labute approximate surface area is 112 Å². The van der Waals surface area contributed by atoms with Crippen molar-refractivity contribution >= 4 is 10.8 Å². The summed E-state index contributed by atoms with van der Waals surface area (Å²) in [4.78, 5) is 0. The van der Waals surface area contributed by atoms with Crippen LogP contribution in [-0.2, 0) is 17.2 Å². The molecule has 0 amide bonds. The van der Waals surface area contributed by atoms with Crippen LogP contribution in [0.15, 0.2) is 24.3 Å². The van der Waals surface area contributed by atoms with Crippen LogP contribution >= 0.6 is 0 Å². The minimum Gasteiger partial charge on any atom is -0.496 e. The monoisotopic (exact) mass is 269 g/mol. The molecule has 0 aliphatic carbocycles. The molecule has 0 fully saturated rings. The first kappa shape index (κ1) is 15.2. The van der Waals surface area contributed by atoms with E-state index in [0.29, 0.717) is 6.04 Å². The van der Waals surface area contributed by atoms with Gasteiger partial charge in [0.2, 0.25) is 0 Å². The van der Waals surface area contributed by atoms with Crippen molar-refractivity contribution in [2.24, 2.45) is 0 Å². The van der Waals surface area contributed by atoms with E-state index in [1.807, 2.05) is 18.2 Å². The molecular weight excluding hydrogens is 246 g/mol. The molecule has 1 aromatic rings. The molecule has 0 radical (unpaired) electrons. The van der Waals surface area contributed by atoms with Gasteiger partial charge in [-0.25, -0.2) is 0 Å². The van der Waals surface area contributed by atoms with Gasteiger partial charge in [0.05, 0.1) is 7.11 Å². The summed E-state index contributed by atoms with van der Waals surface area (Å²) in [5.41, 5.74) is 1.22. The smallest absolute Gasteiger partial charge is 0.122 e. The van der Waals surface area contributed by atoms with E-state index in [2.05, 4.69) is 18.3 Å². The SMILES string of the molecule is COc1ccccc1CC(C)NCCCS(C)=O. The molecule has 4 heteroatoms. The lowest BCUT2D eigenvalue weighted by Crippen LogP contribution is -2.29. The van der Waals surface area contributed by atoms with E-state index in [4.69, 9.17) is 4.74 Å². The van der Waals surface area contributed by atoms with Gasteiger partial charge in [-0.3, -0.25) is 4.21 Å². The molecule has 2 atom stereocenters. The van der Waals surface area contributed by atoms with Gasteiger partial charge in [0.15, 0.2) is 0 Å². The van der Waals surface area contributed by atoms with Crippen LogP contribution in [-0.4, -0.2) is 35.9 Å². The number of rotatable bonds is 8. The Morgan fingerprint density at radius 3 is 2.78 bits per heavy atom. The number of nitrogens with one attached hydrogen (secondary N) is 1. The lowest BCUT2D eigenvalue weighted by Gasteiger charge is -2.15. The first-order valence-electron chi connectivity index (χ1n) is 6.28. The first-order valence-corrected chi connectivity index (χ1v) is 8.01. The number of benzene rings is 1. The number of methoxy groups -OCH3 is 1. The molecule has 0 aliphatic rings. The van der Waals surface area contributed by atoms with Gasteiger partial charge in [0, 0.05) is 28.9 Å². The van der Waals surface area contributed by atoms with Gasteiger partial charge in [-0.1, -0.05) is 18.2 Å². The van der Waals surface area contributed by atoms with Crippen molar-refractivity contribution in [3.8, 4) is 5.75 Å². The molecule has 0 bridgehead atoms. The van der Waals surface area contributed by atoms with Crippen molar-refractivity contribution in [3.05, 3.63) is 29.8 Å². The highest BCUT2D eigenvalue weighted by Crippen LogP contribution is 2.18. The van der Waals surface area contributed by atoms with Gasteiger partial charge in [-0.15, -0.1) is 0 Å². The second-order valence-corrected chi connectivity index (χ2v) is 6.06. The Morgan fingerprint density at radius 1 is 1.39 bits per heavy atom. The fourth-order valence-electron chi connectivity index (χ4n) is 1.90. The molecule has 1 aromatic carbocycles. The fourth-order valence-corrected chi connectivity index (χ4v) is 2.45. The van der Waals surface area contributed by atoms with Gasteiger partial charge in [-0.2, -0.15) is 0 Å². The maximum Gasteiger partial charge on any atom is 0.122 e. The van der Waals surface area contributed by atoms with E-state index >= 15 is 0 Å². The van der Waals surface area contributed by atoms with Crippen LogP contribution in [0.1, 0.15) is 18.9 Å². The molecule has 102 valence electrons. The molecular formula is C14H23NO2S. The molecule has 0 spiro atoms. The van der Waals surface area contributed by atoms with Crippen LogP contribution in [0.5, 0.6) is 5.75 Å². The number of ether oxygens (including phenoxy) is 1. The molecule has 1 rings (SSSR count). The van der Waals surface area contributed by atoms with Crippen LogP contribution < -0.4 is 10.1 Å². The predicted octanol–water partition coefficient (Wildman–Crippen LogP) is 1.98. The highest BCUT2D eigenvalue weighted by molar-refractivity contribution is 7.84. The van der Waals surface area contributed by atoms with E-state index in [1.165, 1.54) is 5.56 Å². The van der Waals surface area contributed by atoms with Crippen molar-refractivity contribution < 1.29 is 8.95 Å². The number of hydrogen-bond acceptors (Lipinski definition) is 3.